The topological polar surface area (TPSA) is 42.2 Å². The summed E-state index contributed by atoms with van der Waals surface area (Å²) in [5, 5.41) is 3.02. The van der Waals surface area contributed by atoms with E-state index in [2.05, 4.69) is 5.32 Å². The van der Waals surface area contributed by atoms with Crippen LogP contribution in [0.5, 0.6) is 0 Å². The second-order valence-electron chi connectivity index (χ2n) is 6.02. The van der Waals surface area contributed by atoms with Crippen LogP contribution in [0.3, 0.4) is 0 Å². The summed E-state index contributed by atoms with van der Waals surface area (Å²) in [4.78, 5) is 12.5. The normalized spacial score (nSPS) is 13.2. The molecule has 1 amide bonds. The summed E-state index contributed by atoms with van der Waals surface area (Å²) in [5.41, 5.74) is 1.89. The summed E-state index contributed by atoms with van der Waals surface area (Å²) >= 11 is 0. The molecule has 2 aromatic carbocycles. The largest absolute Gasteiger partial charge is 0.469 e. The van der Waals surface area contributed by atoms with Crippen molar-refractivity contribution in [1.29, 1.82) is 0 Å². The minimum absolute atomic E-state index is 0.0814. The van der Waals surface area contributed by atoms with E-state index in [1.165, 1.54) is 12.1 Å². The van der Waals surface area contributed by atoms with Gasteiger partial charge in [-0.2, -0.15) is 0 Å². The van der Waals surface area contributed by atoms with Crippen molar-refractivity contribution in [3.8, 4) is 0 Å². The van der Waals surface area contributed by atoms with Gasteiger partial charge in [0.05, 0.1) is 18.2 Å². The van der Waals surface area contributed by atoms with E-state index in [1.807, 2.05) is 43.3 Å². The molecule has 3 nitrogen and oxygen atoms in total. The minimum Gasteiger partial charge on any atom is -0.469 e. The molecule has 1 aromatic heterocycles. The van der Waals surface area contributed by atoms with Gasteiger partial charge in [0.25, 0.3) is 0 Å². The molecule has 0 radical (unpaired) electrons. The van der Waals surface area contributed by atoms with E-state index >= 15 is 0 Å². The van der Waals surface area contributed by atoms with E-state index in [4.69, 9.17) is 4.42 Å². The number of rotatable bonds is 6. The van der Waals surface area contributed by atoms with Gasteiger partial charge in [-0.3, -0.25) is 4.79 Å². The Kier molecular flexibility index (Phi) is 5.29. The highest BCUT2D eigenvalue weighted by atomic mass is 19.1. The third-order valence-corrected chi connectivity index (χ3v) is 4.23. The van der Waals surface area contributed by atoms with Crippen molar-refractivity contribution < 1.29 is 13.6 Å². The number of carbonyl (C=O) groups excluding carboxylic acids is 1. The Morgan fingerprint density at radius 1 is 1.00 bits per heavy atom. The first-order valence-electron chi connectivity index (χ1n) is 8.26. The van der Waals surface area contributed by atoms with E-state index in [-0.39, 0.29) is 30.1 Å². The summed E-state index contributed by atoms with van der Waals surface area (Å²) in [6.07, 6.45) is 1.81. The number of furan rings is 1. The fraction of sp³-hybridized carbons (Fsp3) is 0.190. The lowest BCUT2D eigenvalue weighted by atomic mass is 9.92. The first-order valence-corrected chi connectivity index (χ1v) is 8.26. The van der Waals surface area contributed by atoms with Crippen LogP contribution in [0.15, 0.2) is 77.4 Å². The van der Waals surface area contributed by atoms with E-state index in [1.54, 1.807) is 24.5 Å². The lowest BCUT2D eigenvalue weighted by Gasteiger charge is -2.18. The van der Waals surface area contributed by atoms with Crippen molar-refractivity contribution >= 4 is 5.91 Å². The Bertz CT molecular complexity index is 798. The molecule has 0 bridgehead atoms. The van der Waals surface area contributed by atoms with E-state index in [0.717, 1.165) is 11.1 Å². The molecule has 0 saturated carbocycles. The second kappa shape index (κ2) is 7.79. The van der Waals surface area contributed by atoms with Crippen molar-refractivity contribution in [2.24, 2.45) is 0 Å². The van der Waals surface area contributed by atoms with Gasteiger partial charge in [0.1, 0.15) is 11.6 Å². The molecule has 4 heteroatoms. The van der Waals surface area contributed by atoms with Gasteiger partial charge in [-0.25, -0.2) is 4.39 Å². The number of nitrogens with one attached hydrogen (secondary N) is 1. The molecule has 25 heavy (non-hydrogen) atoms. The highest BCUT2D eigenvalue weighted by molar-refractivity contribution is 5.77. The van der Waals surface area contributed by atoms with Crippen LogP contribution in [0.25, 0.3) is 0 Å². The Hall–Kier alpha value is -2.88. The monoisotopic (exact) mass is 337 g/mol. The lowest BCUT2D eigenvalue weighted by Crippen LogP contribution is -2.28. The number of carbonyl (C=O) groups is 1. The van der Waals surface area contributed by atoms with Crippen LogP contribution in [0.2, 0.25) is 0 Å². The smallest absolute Gasteiger partial charge is 0.221 e. The molecule has 1 heterocycles. The molecule has 0 aliphatic carbocycles. The van der Waals surface area contributed by atoms with Crippen molar-refractivity contribution in [2.75, 3.05) is 0 Å². The van der Waals surface area contributed by atoms with Gasteiger partial charge in [-0.05, 0) is 42.3 Å². The van der Waals surface area contributed by atoms with E-state index in [9.17, 15) is 9.18 Å². The summed E-state index contributed by atoms with van der Waals surface area (Å²) in [5.74, 6) is 0.0545. The minimum atomic E-state index is -0.302. The number of hydrogen-bond acceptors (Lipinski definition) is 2. The maximum Gasteiger partial charge on any atom is 0.221 e. The van der Waals surface area contributed by atoms with Gasteiger partial charge in [-0.1, -0.05) is 42.5 Å². The zero-order chi connectivity index (χ0) is 17.6. The maximum atomic E-state index is 13.2. The molecule has 0 saturated heterocycles. The Labute approximate surface area is 146 Å². The zero-order valence-electron chi connectivity index (χ0n) is 14.0. The molecular formula is C21H20FNO2. The number of amides is 1. The molecule has 3 rings (SSSR count). The molecule has 1 N–H and O–H groups in total. The summed E-state index contributed by atoms with van der Waals surface area (Å²) in [7, 11) is 0. The zero-order valence-corrected chi connectivity index (χ0v) is 14.0. The standard InChI is InChI=1S/C21H20FNO2/c1-15(16-6-3-2-4-7-16)23-21(24)14-19(20-8-5-13-25-20)17-9-11-18(22)12-10-17/h2-13,15,19H,14H2,1H3,(H,23,24)/t15-,19-/m0/s1. The number of hydrogen-bond donors (Lipinski definition) is 1. The Balaban J connectivity index is 1.74. The average Bonchev–Trinajstić information content (AvgIpc) is 3.15. The van der Waals surface area contributed by atoms with Gasteiger partial charge in [-0.15, -0.1) is 0 Å². The molecule has 0 fully saturated rings. The Morgan fingerprint density at radius 2 is 1.72 bits per heavy atom. The van der Waals surface area contributed by atoms with Gasteiger partial charge >= 0.3 is 0 Å². The molecule has 0 spiro atoms. The second-order valence-corrected chi connectivity index (χ2v) is 6.02. The van der Waals surface area contributed by atoms with Crippen LogP contribution >= 0.6 is 0 Å². The van der Waals surface area contributed by atoms with Gasteiger partial charge < -0.3 is 9.73 Å². The van der Waals surface area contributed by atoms with Crippen LogP contribution in [-0.4, -0.2) is 5.91 Å². The SMILES string of the molecule is C[C@H](NC(=O)C[C@@H](c1ccc(F)cc1)c1ccco1)c1ccccc1. The van der Waals surface area contributed by atoms with Gasteiger partial charge in [0.15, 0.2) is 0 Å². The maximum absolute atomic E-state index is 13.2. The van der Waals surface area contributed by atoms with Crippen LogP contribution in [0, 0.1) is 5.82 Å². The summed E-state index contributed by atoms with van der Waals surface area (Å²) < 4.78 is 18.7. The van der Waals surface area contributed by atoms with Crippen molar-refractivity contribution in [1.82, 2.24) is 5.32 Å². The molecule has 0 aliphatic heterocycles. The summed E-state index contributed by atoms with van der Waals surface area (Å²) in [6, 6.07) is 19.5. The fourth-order valence-corrected chi connectivity index (χ4v) is 2.88. The first-order chi connectivity index (χ1) is 12.1. The van der Waals surface area contributed by atoms with Gasteiger partial charge in [0, 0.05) is 6.42 Å². The molecular weight excluding hydrogens is 317 g/mol. The van der Waals surface area contributed by atoms with Crippen LogP contribution in [0.4, 0.5) is 4.39 Å². The number of halogens is 1. The fourth-order valence-electron chi connectivity index (χ4n) is 2.88. The molecule has 2 atom stereocenters. The molecule has 0 aliphatic rings. The van der Waals surface area contributed by atoms with Crippen molar-refractivity contribution in [3.63, 3.8) is 0 Å². The predicted octanol–water partition coefficient (Wildman–Crippen LogP) is 4.82. The highest BCUT2D eigenvalue weighted by Gasteiger charge is 2.22. The third-order valence-electron chi connectivity index (χ3n) is 4.23. The van der Waals surface area contributed by atoms with Crippen LogP contribution < -0.4 is 5.32 Å². The lowest BCUT2D eigenvalue weighted by molar-refractivity contribution is -0.122. The average molecular weight is 337 g/mol. The molecule has 3 aromatic rings. The predicted molar refractivity (Wildman–Crippen MR) is 94.6 cm³/mol. The van der Waals surface area contributed by atoms with E-state index in [0.29, 0.717) is 5.76 Å². The third kappa shape index (κ3) is 4.35. The van der Waals surface area contributed by atoms with Gasteiger partial charge in [0.2, 0.25) is 5.91 Å². The van der Waals surface area contributed by atoms with Crippen LogP contribution in [0.1, 0.15) is 42.2 Å². The molecule has 128 valence electrons. The quantitative estimate of drug-likeness (QED) is 0.701. The van der Waals surface area contributed by atoms with Crippen molar-refractivity contribution in [2.45, 2.75) is 25.3 Å². The number of benzene rings is 2. The first kappa shape index (κ1) is 17.0. The van der Waals surface area contributed by atoms with E-state index < -0.39 is 0 Å². The molecule has 0 unspecified atom stereocenters. The highest BCUT2D eigenvalue weighted by Crippen LogP contribution is 2.29. The Morgan fingerprint density at radius 3 is 2.36 bits per heavy atom. The summed E-state index contributed by atoms with van der Waals surface area (Å²) in [6.45, 7) is 1.95. The van der Waals surface area contributed by atoms with Crippen molar-refractivity contribution in [3.05, 3.63) is 95.7 Å². The van der Waals surface area contributed by atoms with Crippen LogP contribution in [-0.2, 0) is 4.79 Å².